The summed E-state index contributed by atoms with van der Waals surface area (Å²) >= 11 is 0. The molecule has 7 aromatic rings. The van der Waals surface area contributed by atoms with E-state index in [9.17, 15) is 52.7 Å². The van der Waals surface area contributed by atoms with Gasteiger partial charge in [0.15, 0.2) is 76.4 Å². The SMILES string of the molecule is CCCCCCCCOc1ccc2ccccc2[n+]1Cc1ccccc1.Fc1c(F)c(F)c([B-](c2c(F)c(F)c(F)c(F)c2F)(c2c(F)c(F)c(F)c(F)c2F)c2c(F)c(F)c(F)c(F)c2F)c(F)c1F. The van der Waals surface area contributed by atoms with Crippen molar-refractivity contribution in [1.29, 1.82) is 0 Å². The summed E-state index contributed by atoms with van der Waals surface area (Å²) in [4.78, 5) is 0. The molecule has 0 saturated carbocycles. The minimum Gasteiger partial charge on any atom is -0.444 e. The van der Waals surface area contributed by atoms with Gasteiger partial charge < -0.3 is 4.74 Å². The lowest BCUT2D eigenvalue weighted by Gasteiger charge is -2.44. The van der Waals surface area contributed by atoms with Crippen molar-refractivity contribution in [3.05, 3.63) is 189 Å². The molecule has 1 aromatic heterocycles. The Morgan fingerprint density at radius 3 is 1.06 bits per heavy atom. The van der Waals surface area contributed by atoms with E-state index in [1.807, 2.05) is 0 Å². The fourth-order valence-corrected chi connectivity index (χ4v) is 8.23. The Hall–Kier alpha value is -6.81. The number of fused-ring (bicyclic) bond motifs is 1. The van der Waals surface area contributed by atoms with E-state index in [0.29, 0.717) is 0 Å². The van der Waals surface area contributed by atoms with Crippen LogP contribution in [0.1, 0.15) is 51.0 Å². The number of benzene rings is 6. The van der Waals surface area contributed by atoms with E-state index < -0.39 is 144 Å². The monoisotopic (exact) mass is 1030 g/mol. The van der Waals surface area contributed by atoms with Crippen LogP contribution in [0.25, 0.3) is 10.9 Å². The molecule has 0 fully saturated rings. The number of ether oxygens (including phenoxy) is 1. The highest BCUT2D eigenvalue weighted by atomic mass is 19.2. The molecule has 0 aliphatic heterocycles. The van der Waals surface area contributed by atoms with Gasteiger partial charge in [-0.15, -0.1) is 21.9 Å². The molecule has 0 spiro atoms. The molecule has 0 atom stereocenters. The zero-order valence-electron chi connectivity index (χ0n) is 36.0. The van der Waals surface area contributed by atoms with Gasteiger partial charge in [0.05, 0.1) is 12.7 Å². The molecular formula is C48H30BF20NO. The Morgan fingerprint density at radius 2 is 0.676 bits per heavy atom. The molecule has 0 bridgehead atoms. The molecule has 0 radical (unpaired) electrons. The van der Waals surface area contributed by atoms with Crippen LogP contribution >= 0.6 is 0 Å². The molecule has 2 nitrogen and oxygen atoms in total. The first-order valence-electron chi connectivity index (χ1n) is 20.9. The van der Waals surface area contributed by atoms with Crippen molar-refractivity contribution < 1.29 is 97.1 Å². The highest BCUT2D eigenvalue weighted by Gasteiger charge is 2.52. The first-order valence-corrected chi connectivity index (χ1v) is 20.9. The first-order chi connectivity index (χ1) is 33.6. The highest BCUT2D eigenvalue weighted by Crippen LogP contribution is 2.31. The number of unbranched alkanes of at least 4 members (excludes halogenated alkanes) is 5. The van der Waals surface area contributed by atoms with Crippen molar-refractivity contribution in [2.24, 2.45) is 0 Å². The zero-order valence-corrected chi connectivity index (χ0v) is 36.0. The standard InChI is InChI=1S/C24BF20.C24H30NO/c26-5-1(6(27)14(35)21(42)13(5)34)25(2-7(28)15(36)22(43)16(37)8(2)29,3-9(30)17(38)23(44)18(39)10(3)31)4-11(32)19(40)24(45)20(41)12(4)33;1-2-3-4-5-6-12-19-26-24-18-17-22-15-10-11-16-23(22)25(24)20-21-13-8-7-9-14-21/h;7-11,13-18H,2-6,12,19-20H2,1H3/q-1;+1. The van der Waals surface area contributed by atoms with E-state index in [2.05, 4.69) is 78.2 Å². The van der Waals surface area contributed by atoms with Gasteiger partial charge >= 0.3 is 5.88 Å². The van der Waals surface area contributed by atoms with Gasteiger partial charge in [0, 0.05) is 17.0 Å². The second-order valence-corrected chi connectivity index (χ2v) is 15.7. The topological polar surface area (TPSA) is 13.1 Å². The fourth-order valence-electron chi connectivity index (χ4n) is 8.23. The Kier molecular flexibility index (Phi) is 16.3. The van der Waals surface area contributed by atoms with Crippen molar-refractivity contribution in [2.45, 2.75) is 52.0 Å². The normalized spacial score (nSPS) is 11.6. The molecular weight excluding hydrogens is 997 g/mol. The van der Waals surface area contributed by atoms with Gasteiger partial charge in [0.25, 0.3) is 0 Å². The zero-order chi connectivity index (χ0) is 52.4. The van der Waals surface area contributed by atoms with Crippen molar-refractivity contribution in [1.82, 2.24) is 0 Å². The molecule has 71 heavy (non-hydrogen) atoms. The van der Waals surface area contributed by atoms with E-state index in [1.165, 1.54) is 48.6 Å². The van der Waals surface area contributed by atoms with E-state index in [-0.39, 0.29) is 0 Å². The van der Waals surface area contributed by atoms with Crippen molar-refractivity contribution in [2.75, 3.05) is 6.61 Å². The van der Waals surface area contributed by atoms with Gasteiger partial charge in [0.1, 0.15) is 52.7 Å². The van der Waals surface area contributed by atoms with Crippen molar-refractivity contribution in [3.8, 4) is 5.88 Å². The van der Waals surface area contributed by atoms with Crippen LogP contribution < -0.4 is 31.2 Å². The van der Waals surface area contributed by atoms with Crippen LogP contribution in [0, 0.1) is 116 Å². The lowest BCUT2D eigenvalue weighted by molar-refractivity contribution is -0.668. The third-order valence-electron chi connectivity index (χ3n) is 11.5. The van der Waals surface area contributed by atoms with Crippen LogP contribution in [-0.2, 0) is 6.54 Å². The number of halogens is 20. The Morgan fingerprint density at radius 1 is 0.352 bits per heavy atom. The third-order valence-corrected chi connectivity index (χ3v) is 11.5. The molecule has 7 rings (SSSR count). The average Bonchev–Trinajstić information content (AvgIpc) is 3.37. The summed E-state index contributed by atoms with van der Waals surface area (Å²) in [5.41, 5.74) is -11.8. The quantitative estimate of drug-likeness (QED) is 0.0264. The smallest absolute Gasteiger partial charge is 0.368 e. The van der Waals surface area contributed by atoms with Crippen LogP contribution in [-0.4, -0.2) is 12.8 Å². The van der Waals surface area contributed by atoms with Gasteiger partial charge in [-0.05, 0) is 18.6 Å². The number of aromatic nitrogens is 1. The number of hydrogen-bond donors (Lipinski definition) is 0. The first kappa shape index (κ1) is 53.5. The molecule has 0 saturated heterocycles. The van der Waals surface area contributed by atoms with Gasteiger partial charge in [-0.1, -0.05) is 81.5 Å². The van der Waals surface area contributed by atoms with Gasteiger partial charge in [-0.3, -0.25) is 0 Å². The van der Waals surface area contributed by atoms with Crippen molar-refractivity contribution >= 4 is 38.9 Å². The molecule has 0 unspecified atom stereocenters. The second-order valence-electron chi connectivity index (χ2n) is 15.7. The summed E-state index contributed by atoms with van der Waals surface area (Å²) in [6.07, 6.45) is 0.481. The molecule has 0 aliphatic rings. The van der Waals surface area contributed by atoms with Crippen LogP contribution in [0.5, 0.6) is 5.88 Å². The highest BCUT2D eigenvalue weighted by molar-refractivity contribution is 7.20. The minimum absolute atomic E-state index is 0.791. The summed E-state index contributed by atoms with van der Waals surface area (Å²) in [7, 11) is 0. The van der Waals surface area contributed by atoms with Gasteiger partial charge in [-0.25, -0.2) is 87.8 Å². The molecule has 23 heteroatoms. The maximum absolute atomic E-state index is 15.4. The molecule has 1 heterocycles. The number of pyridine rings is 1. The van der Waals surface area contributed by atoms with E-state index >= 15 is 35.1 Å². The fraction of sp³-hybridized carbons (Fsp3) is 0.188. The lowest BCUT2D eigenvalue weighted by atomic mass is 9.12. The number of rotatable bonds is 14. The summed E-state index contributed by atoms with van der Waals surface area (Å²) in [5, 5.41) is 1.25. The predicted molar refractivity (Wildman–Crippen MR) is 218 cm³/mol. The maximum atomic E-state index is 15.4. The lowest BCUT2D eigenvalue weighted by Crippen LogP contribution is -2.81. The van der Waals surface area contributed by atoms with Crippen molar-refractivity contribution in [3.63, 3.8) is 0 Å². The molecule has 376 valence electrons. The van der Waals surface area contributed by atoms with Crippen LogP contribution in [0.2, 0.25) is 0 Å². The molecule has 0 aliphatic carbocycles. The third kappa shape index (κ3) is 9.46. The molecule has 6 aromatic carbocycles. The maximum Gasteiger partial charge on any atom is 0.368 e. The van der Waals surface area contributed by atoms with Gasteiger partial charge in [-0.2, -0.15) is 4.57 Å². The summed E-state index contributed by atoms with van der Waals surface area (Å²) in [5.74, 6) is -70.4. The van der Waals surface area contributed by atoms with E-state index in [0.717, 1.165) is 25.5 Å². The summed E-state index contributed by atoms with van der Waals surface area (Å²) < 4.78 is 302. The molecule has 0 amide bonds. The second kappa shape index (κ2) is 21.7. The van der Waals surface area contributed by atoms with E-state index in [4.69, 9.17) is 4.74 Å². The Bertz CT molecular complexity index is 2770. The number of para-hydroxylation sites is 1. The van der Waals surface area contributed by atoms with E-state index in [1.54, 1.807) is 0 Å². The minimum atomic E-state index is -7.22. The average molecular weight is 1030 g/mol. The molecule has 0 N–H and O–H groups in total. The number of hydrogen-bond acceptors (Lipinski definition) is 1. The van der Waals surface area contributed by atoms with Crippen LogP contribution in [0.15, 0.2) is 66.7 Å². The van der Waals surface area contributed by atoms with Crippen LogP contribution in [0.3, 0.4) is 0 Å². The summed E-state index contributed by atoms with van der Waals surface area (Å²) in [6, 6.07) is 23.4. The summed E-state index contributed by atoms with van der Waals surface area (Å²) in [6.45, 7) is 3.88. The largest absolute Gasteiger partial charge is 0.444 e. The Balaban J connectivity index is 0.000000268. The predicted octanol–water partition coefficient (Wildman–Crippen LogP) is 11.8. The Labute approximate surface area is 388 Å². The number of nitrogens with zero attached hydrogens (tertiary/aromatic N) is 1. The van der Waals surface area contributed by atoms with Gasteiger partial charge in [0.2, 0.25) is 5.52 Å². The van der Waals surface area contributed by atoms with Crippen LogP contribution in [0.4, 0.5) is 87.8 Å².